The second kappa shape index (κ2) is 9.64. The number of rotatable bonds is 8. The normalized spacial score (nSPS) is 18.8. The summed E-state index contributed by atoms with van der Waals surface area (Å²) in [6, 6.07) is 16.7. The second-order valence-electron chi connectivity index (χ2n) is 6.79. The highest BCUT2D eigenvalue weighted by molar-refractivity contribution is 7.99. The summed E-state index contributed by atoms with van der Waals surface area (Å²) in [6.45, 7) is 2.48. The lowest BCUT2D eigenvalue weighted by Gasteiger charge is -2.28. The highest BCUT2D eigenvalue weighted by atomic mass is 32.2. The summed E-state index contributed by atoms with van der Waals surface area (Å²) in [7, 11) is 0. The highest BCUT2D eigenvalue weighted by Gasteiger charge is 2.42. The fourth-order valence-electron chi connectivity index (χ4n) is 3.21. The first-order valence-electron chi connectivity index (χ1n) is 9.52. The maximum absolute atomic E-state index is 12.7. The number of thioether (sulfide) groups is 1. The molecule has 2 atom stereocenters. The van der Waals surface area contributed by atoms with Crippen molar-refractivity contribution in [3.8, 4) is 5.75 Å². The molecule has 1 fully saturated rings. The van der Waals surface area contributed by atoms with Gasteiger partial charge < -0.3 is 14.7 Å². The minimum atomic E-state index is -0.948. The Labute approximate surface area is 169 Å². The summed E-state index contributed by atoms with van der Waals surface area (Å²) in [5.74, 6) is 0.0605. The number of unbranched alkanes of at least 4 members (excludes halogenated alkanes) is 1. The molecule has 0 spiro atoms. The number of aliphatic carboxylic acids is 1. The molecule has 3 rings (SSSR count). The molecule has 2 aromatic carbocycles. The van der Waals surface area contributed by atoms with E-state index in [2.05, 4.69) is 0 Å². The lowest BCUT2D eigenvalue weighted by molar-refractivity contribution is -0.149. The predicted octanol–water partition coefficient (Wildman–Crippen LogP) is 4.48. The molecule has 0 saturated carbocycles. The van der Waals surface area contributed by atoms with Gasteiger partial charge in [-0.1, -0.05) is 55.8 Å². The van der Waals surface area contributed by atoms with Crippen LogP contribution in [-0.4, -0.2) is 33.7 Å². The number of hydrogen-bond acceptors (Lipinski definition) is 4. The van der Waals surface area contributed by atoms with Crippen molar-refractivity contribution in [2.75, 3.05) is 5.75 Å². The Morgan fingerprint density at radius 2 is 1.96 bits per heavy atom. The Morgan fingerprint density at radius 1 is 1.18 bits per heavy atom. The molecular formula is C22H25NO4S. The van der Waals surface area contributed by atoms with Crippen LogP contribution in [0, 0.1) is 0 Å². The largest absolute Gasteiger partial charge is 0.489 e. The number of carboxylic acid groups (broad SMARTS) is 1. The van der Waals surface area contributed by atoms with E-state index in [0.29, 0.717) is 24.5 Å². The molecule has 1 N–H and O–H groups in total. The zero-order chi connectivity index (χ0) is 19.9. The third kappa shape index (κ3) is 4.87. The number of carbonyl (C=O) groups is 2. The molecule has 6 heteroatoms. The van der Waals surface area contributed by atoms with Crippen LogP contribution in [0.2, 0.25) is 0 Å². The lowest BCUT2D eigenvalue weighted by Crippen LogP contribution is -2.42. The van der Waals surface area contributed by atoms with Crippen LogP contribution in [0.3, 0.4) is 0 Å². The van der Waals surface area contributed by atoms with E-state index >= 15 is 0 Å². The van der Waals surface area contributed by atoms with Crippen LogP contribution in [0.25, 0.3) is 0 Å². The monoisotopic (exact) mass is 399 g/mol. The lowest BCUT2D eigenvalue weighted by atomic mass is 10.1. The molecule has 1 amide bonds. The molecule has 2 unspecified atom stereocenters. The Hall–Kier alpha value is -2.47. The topological polar surface area (TPSA) is 66.8 Å². The average molecular weight is 400 g/mol. The summed E-state index contributed by atoms with van der Waals surface area (Å²) < 4.78 is 5.90. The van der Waals surface area contributed by atoms with E-state index < -0.39 is 12.0 Å². The van der Waals surface area contributed by atoms with Gasteiger partial charge >= 0.3 is 5.97 Å². The summed E-state index contributed by atoms with van der Waals surface area (Å²) in [6.07, 6.45) is 2.04. The van der Waals surface area contributed by atoms with Crippen molar-refractivity contribution in [2.24, 2.45) is 0 Å². The standard InChI is InChI=1S/C22H25NO4S/c1-2-3-12-20(24)23-19(22(25)26)15-28-21(23)17-10-7-11-18(13-17)27-14-16-8-5-4-6-9-16/h4-11,13,19,21H,2-3,12,14-15H2,1H3,(H,25,26). The van der Waals surface area contributed by atoms with Gasteiger partial charge in [0, 0.05) is 12.2 Å². The van der Waals surface area contributed by atoms with E-state index in [1.54, 1.807) is 4.90 Å². The van der Waals surface area contributed by atoms with Crippen molar-refractivity contribution < 1.29 is 19.4 Å². The first-order chi connectivity index (χ1) is 13.6. The van der Waals surface area contributed by atoms with Gasteiger partial charge in [-0.25, -0.2) is 4.79 Å². The molecule has 0 bridgehead atoms. The van der Waals surface area contributed by atoms with E-state index in [-0.39, 0.29) is 11.3 Å². The fraction of sp³-hybridized carbons (Fsp3) is 0.364. The molecule has 28 heavy (non-hydrogen) atoms. The fourth-order valence-corrected chi connectivity index (χ4v) is 4.65. The number of ether oxygens (including phenoxy) is 1. The average Bonchev–Trinajstić information content (AvgIpc) is 3.17. The molecule has 1 aliphatic rings. The van der Waals surface area contributed by atoms with Crippen LogP contribution in [0.15, 0.2) is 54.6 Å². The summed E-state index contributed by atoms with van der Waals surface area (Å²) in [5, 5.41) is 9.26. The van der Waals surface area contributed by atoms with Crippen LogP contribution in [-0.2, 0) is 16.2 Å². The van der Waals surface area contributed by atoms with Gasteiger partial charge in [0.05, 0.1) is 0 Å². The van der Waals surface area contributed by atoms with Crippen molar-refractivity contribution in [3.05, 3.63) is 65.7 Å². The van der Waals surface area contributed by atoms with Gasteiger partial charge in [-0.2, -0.15) is 0 Å². The van der Waals surface area contributed by atoms with Crippen LogP contribution in [0.1, 0.15) is 42.7 Å². The van der Waals surface area contributed by atoms with Crippen LogP contribution in [0.4, 0.5) is 0 Å². The quantitative estimate of drug-likeness (QED) is 0.709. The minimum Gasteiger partial charge on any atom is -0.489 e. The third-order valence-electron chi connectivity index (χ3n) is 4.71. The SMILES string of the molecule is CCCCC(=O)N1C(C(=O)O)CSC1c1cccc(OCc2ccccc2)c1. The molecule has 1 saturated heterocycles. The number of benzene rings is 2. The number of carbonyl (C=O) groups excluding carboxylic acids is 1. The van der Waals surface area contributed by atoms with Crippen molar-refractivity contribution in [2.45, 2.75) is 44.2 Å². The first-order valence-corrected chi connectivity index (χ1v) is 10.6. The van der Waals surface area contributed by atoms with E-state index in [0.717, 1.165) is 24.0 Å². The Kier molecular flexibility index (Phi) is 6.98. The van der Waals surface area contributed by atoms with Gasteiger partial charge in [-0.05, 0) is 29.7 Å². The zero-order valence-corrected chi connectivity index (χ0v) is 16.7. The van der Waals surface area contributed by atoms with Crippen molar-refractivity contribution in [1.29, 1.82) is 0 Å². The summed E-state index contributed by atoms with van der Waals surface area (Å²) in [4.78, 5) is 25.9. The molecule has 2 aromatic rings. The number of carboxylic acids is 1. The van der Waals surface area contributed by atoms with Gasteiger partial charge in [0.15, 0.2) is 0 Å². The van der Waals surface area contributed by atoms with Crippen LogP contribution >= 0.6 is 11.8 Å². The predicted molar refractivity (Wildman–Crippen MR) is 110 cm³/mol. The molecule has 0 radical (unpaired) electrons. The summed E-state index contributed by atoms with van der Waals surface area (Å²) in [5.41, 5.74) is 1.97. The maximum Gasteiger partial charge on any atom is 0.327 e. The molecule has 5 nitrogen and oxygen atoms in total. The van der Waals surface area contributed by atoms with Gasteiger partial charge in [0.2, 0.25) is 5.91 Å². The minimum absolute atomic E-state index is 0.0974. The highest BCUT2D eigenvalue weighted by Crippen LogP contribution is 2.42. The maximum atomic E-state index is 12.7. The first kappa shape index (κ1) is 20.3. The molecule has 0 aliphatic carbocycles. The number of nitrogens with zero attached hydrogens (tertiary/aromatic N) is 1. The number of amides is 1. The van der Waals surface area contributed by atoms with Gasteiger partial charge in [0.1, 0.15) is 23.8 Å². The van der Waals surface area contributed by atoms with E-state index in [4.69, 9.17) is 4.74 Å². The Morgan fingerprint density at radius 3 is 2.68 bits per heavy atom. The Bertz CT molecular complexity index is 811. The van der Waals surface area contributed by atoms with Crippen molar-refractivity contribution in [3.63, 3.8) is 0 Å². The third-order valence-corrected chi connectivity index (χ3v) is 6.03. The second-order valence-corrected chi connectivity index (χ2v) is 7.90. The van der Waals surface area contributed by atoms with Crippen LogP contribution in [0.5, 0.6) is 5.75 Å². The van der Waals surface area contributed by atoms with E-state index in [1.165, 1.54) is 11.8 Å². The van der Waals surface area contributed by atoms with Gasteiger partial charge in [0.25, 0.3) is 0 Å². The van der Waals surface area contributed by atoms with Crippen LogP contribution < -0.4 is 4.74 Å². The molecule has 0 aromatic heterocycles. The van der Waals surface area contributed by atoms with Crippen molar-refractivity contribution in [1.82, 2.24) is 4.90 Å². The Balaban J connectivity index is 1.76. The van der Waals surface area contributed by atoms with Gasteiger partial charge in [-0.3, -0.25) is 4.79 Å². The zero-order valence-electron chi connectivity index (χ0n) is 15.9. The van der Waals surface area contributed by atoms with Crippen molar-refractivity contribution >= 4 is 23.6 Å². The number of hydrogen-bond donors (Lipinski definition) is 1. The van der Waals surface area contributed by atoms with E-state index in [9.17, 15) is 14.7 Å². The molecule has 1 aliphatic heterocycles. The molecule has 1 heterocycles. The smallest absolute Gasteiger partial charge is 0.327 e. The van der Waals surface area contributed by atoms with E-state index in [1.807, 2.05) is 61.5 Å². The van der Waals surface area contributed by atoms with Gasteiger partial charge in [-0.15, -0.1) is 11.8 Å². The summed E-state index contributed by atoms with van der Waals surface area (Å²) >= 11 is 1.49. The molecular weight excluding hydrogens is 374 g/mol. The molecule has 148 valence electrons.